The minimum atomic E-state index is -1.28. The van der Waals surface area contributed by atoms with E-state index < -0.39 is 27.8 Å². The number of nitrogens with two attached hydrogens (primary N) is 1. The van der Waals surface area contributed by atoms with Crippen molar-refractivity contribution < 1.29 is 13.7 Å². The zero-order valence-corrected chi connectivity index (χ0v) is 10.0. The number of benzene rings is 1. The van der Waals surface area contributed by atoms with Crippen LogP contribution in [0.4, 0.5) is 20.2 Å². The van der Waals surface area contributed by atoms with Crippen LogP contribution in [0.15, 0.2) is 18.2 Å². The summed E-state index contributed by atoms with van der Waals surface area (Å²) in [6, 6.07) is 4.54. The summed E-state index contributed by atoms with van der Waals surface area (Å²) in [4.78, 5) is 9.80. The van der Waals surface area contributed by atoms with E-state index in [1.54, 1.807) is 6.07 Å². The lowest BCUT2D eigenvalue weighted by atomic mass is 10.1. The van der Waals surface area contributed by atoms with E-state index in [4.69, 9.17) is 11.0 Å². The Morgan fingerprint density at radius 3 is 2.63 bits per heavy atom. The highest BCUT2D eigenvalue weighted by atomic mass is 32.1. The summed E-state index contributed by atoms with van der Waals surface area (Å²) in [5.74, 6) is -2.23. The Morgan fingerprint density at radius 2 is 2.11 bits per heavy atom. The molecule has 8 heteroatoms. The third-order valence-electron chi connectivity index (χ3n) is 2.38. The maximum atomic E-state index is 13.9. The highest BCUT2D eigenvalue weighted by Gasteiger charge is 2.24. The number of nitriles is 1. The van der Waals surface area contributed by atoms with Crippen LogP contribution >= 0.6 is 11.3 Å². The van der Waals surface area contributed by atoms with Gasteiger partial charge >= 0.3 is 5.69 Å². The second-order valence-corrected chi connectivity index (χ2v) is 4.57. The number of nitro benzene ring substituents is 1. The molecule has 0 aliphatic rings. The van der Waals surface area contributed by atoms with Crippen molar-refractivity contribution in [2.24, 2.45) is 0 Å². The van der Waals surface area contributed by atoms with Crippen molar-refractivity contribution in [2.45, 2.75) is 0 Å². The molecule has 0 saturated carbocycles. The molecule has 2 N–H and O–H groups in total. The van der Waals surface area contributed by atoms with E-state index in [0.717, 1.165) is 23.5 Å². The molecule has 0 bridgehead atoms. The van der Waals surface area contributed by atoms with Gasteiger partial charge in [0.05, 0.1) is 16.2 Å². The number of nitro groups is 1. The van der Waals surface area contributed by atoms with Gasteiger partial charge in [-0.2, -0.15) is 9.65 Å². The summed E-state index contributed by atoms with van der Waals surface area (Å²) in [6.45, 7) is 0. The highest BCUT2D eigenvalue weighted by molar-refractivity contribution is 7.16. The molecule has 2 rings (SSSR count). The van der Waals surface area contributed by atoms with Gasteiger partial charge in [0.15, 0.2) is 0 Å². The first kappa shape index (κ1) is 12.9. The minimum absolute atomic E-state index is 0.0350. The first-order valence-corrected chi connectivity index (χ1v) is 5.69. The average Bonchev–Trinajstić information content (AvgIpc) is 2.70. The summed E-state index contributed by atoms with van der Waals surface area (Å²) in [6.07, 6.45) is 0. The first-order chi connectivity index (χ1) is 8.95. The molecule has 5 nitrogen and oxygen atoms in total. The summed E-state index contributed by atoms with van der Waals surface area (Å²) >= 11 is 0.773. The second-order valence-electron chi connectivity index (χ2n) is 3.52. The summed E-state index contributed by atoms with van der Waals surface area (Å²) in [5.41, 5.74) is 4.19. The van der Waals surface area contributed by atoms with E-state index >= 15 is 0 Å². The van der Waals surface area contributed by atoms with Crippen LogP contribution in [0.1, 0.15) is 4.88 Å². The van der Waals surface area contributed by atoms with Crippen LogP contribution in [0, 0.1) is 33.1 Å². The normalized spacial score (nSPS) is 10.2. The first-order valence-electron chi connectivity index (χ1n) is 4.88. The van der Waals surface area contributed by atoms with Crippen molar-refractivity contribution in [3.63, 3.8) is 0 Å². The number of nitrogen functional groups attached to an aromatic ring is 1. The Morgan fingerprint density at radius 1 is 1.42 bits per heavy atom. The molecule has 0 amide bonds. The summed E-state index contributed by atoms with van der Waals surface area (Å²) in [5, 5.41) is 19.4. The lowest BCUT2D eigenvalue weighted by molar-refractivity contribution is -0.387. The number of anilines is 1. The van der Waals surface area contributed by atoms with E-state index in [0.29, 0.717) is 0 Å². The average molecular weight is 281 g/mol. The third kappa shape index (κ3) is 2.11. The maximum Gasteiger partial charge on any atom is 0.305 e. The van der Waals surface area contributed by atoms with Gasteiger partial charge < -0.3 is 5.73 Å². The third-order valence-corrected chi connectivity index (χ3v) is 3.45. The van der Waals surface area contributed by atoms with Crippen LogP contribution < -0.4 is 5.73 Å². The van der Waals surface area contributed by atoms with Crippen molar-refractivity contribution in [3.05, 3.63) is 44.8 Å². The van der Waals surface area contributed by atoms with Crippen LogP contribution in [-0.2, 0) is 0 Å². The van der Waals surface area contributed by atoms with Crippen molar-refractivity contribution in [3.8, 4) is 16.5 Å². The molecule has 0 atom stereocenters. The van der Waals surface area contributed by atoms with Gasteiger partial charge in [-0.3, -0.25) is 10.1 Å². The Balaban J connectivity index is 2.71. The number of hydrogen-bond acceptors (Lipinski definition) is 5. The molecule has 0 spiro atoms. The van der Waals surface area contributed by atoms with Gasteiger partial charge in [-0.1, -0.05) is 0 Å². The van der Waals surface area contributed by atoms with Crippen LogP contribution in [0.25, 0.3) is 10.4 Å². The zero-order valence-electron chi connectivity index (χ0n) is 9.18. The fraction of sp³-hybridized carbons (Fsp3) is 0. The Bertz CT molecular complexity index is 721. The molecule has 0 radical (unpaired) electrons. The summed E-state index contributed by atoms with van der Waals surface area (Å²) in [7, 11) is 0. The van der Waals surface area contributed by atoms with E-state index in [1.807, 2.05) is 0 Å². The van der Waals surface area contributed by atoms with Crippen LogP contribution in [0.5, 0.6) is 0 Å². The van der Waals surface area contributed by atoms with Crippen LogP contribution in [0.3, 0.4) is 0 Å². The van der Waals surface area contributed by atoms with Crippen LogP contribution in [0.2, 0.25) is 0 Å². The summed E-state index contributed by atoms with van der Waals surface area (Å²) < 4.78 is 27.6. The standard InChI is InChI=1S/C11H5F2N3O2S/c12-5-1-2-7(16(17)18)11(13)10(5)8-3-6(15)9(4-14)19-8/h1-3H,15H2. The molecular formula is C11H5F2N3O2S. The molecule has 0 aliphatic carbocycles. The predicted octanol–water partition coefficient (Wildman–Crippen LogP) is 3.06. The molecule has 1 heterocycles. The van der Waals surface area contributed by atoms with E-state index in [-0.39, 0.29) is 15.4 Å². The predicted molar refractivity (Wildman–Crippen MR) is 65.5 cm³/mol. The number of halogens is 2. The molecular weight excluding hydrogens is 276 g/mol. The van der Waals surface area contributed by atoms with Crippen molar-refractivity contribution >= 4 is 22.7 Å². The monoisotopic (exact) mass is 281 g/mol. The quantitative estimate of drug-likeness (QED) is 0.676. The lowest BCUT2D eigenvalue weighted by Crippen LogP contribution is -1.96. The van der Waals surface area contributed by atoms with E-state index in [1.165, 1.54) is 6.07 Å². The maximum absolute atomic E-state index is 13.9. The van der Waals surface area contributed by atoms with Crippen LogP contribution in [-0.4, -0.2) is 4.92 Å². The Hall–Kier alpha value is -2.53. The number of thiophene rings is 1. The zero-order chi connectivity index (χ0) is 14.2. The molecule has 0 saturated heterocycles. The van der Waals surface area contributed by atoms with Gasteiger partial charge in [0.2, 0.25) is 5.82 Å². The molecule has 1 aromatic heterocycles. The smallest absolute Gasteiger partial charge is 0.305 e. The molecule has 2 aromatic rings. The highest BCUT2D eigenvalue weighted by Crippen LogP contribution is 2.38. The lowest BCUT2D eigenvalue weighted by Gasteiger charge is -2.02. The van der Waals surface area contributed by atoms with Gasteiger partial charge in [-0.25, -0.2) is 4.39 Å². The van der Waals surface area contributed by atoms with Gasteiger partial charge in [0.25, 0.3) is 0 Å². The van der Waals surface area contributed by atoms with Crippen molar-refractivity contribution in [1.82, 2.24) is 0 Å². The molecule has 96 valence electrons. The molecule has 0 fully saturated rings. The van der Waals surface area contributed by atoms with Crippen molar-refractivity contribution in [1.29, 1.82) is 5.26 Å². The topological polar surface area (TPSA) is 92.9 Å². The second kappa shape index (κ2) is 4.62. The number of nitrogens with zero attached hydrogens (tertiary/aromatic N) is 2. The van der Waals surface area contributed by atoms with Gasteiger partial charge in [-0.15, -0.1) is 11.3 Å². The van der Waals surface area contributed by atoms with Gasteiger partial charge in [0, 0.05) is 10.9 Å². The molecule has 1 aromatic carbocycles. The number of hydrogen-bond donors (Lipinski definition) is 1. The molecule has 0 aliphatic heterocycles. The Kier molecular flexibility index (Phi) is 3.14. The SMILES string of the molecule is N#Cc1sc(-c2c(F)ccc([N+](=O)[O-])c2F)cc1N. The largest absolute Gasteiger partial charge is 0.397 e. The van der Waals surface area contributed by atoms with E-state index in [2.05, 4.69) is 0 Å². The van der Waals surface area contributed by atoms with Gasteiger partial charge in [0.1, 0.15) is 16.8 Å². The molecule has 19 heavy (non-hydrogen) atoms. The van der Waals surface area contributed by atoms with Gasteiger partial charge in [-0.05, 0) is 12.1 Å². The minimum Gasteiger partial charge on any atom is -0.397 e. The Labute approximate surface area is 109 Å². The fourth-order valence-electron chi connectivity index (χ4n) is 1.52. The molecule has 0 unspecified atom stereocenters. The van der Waals surface area contributed by atoms with Crippen molar-refractivity contribution in [2.75, 3.05) is 5.73 Å². The number of rotatable bonds is 2. The van der Waals surface area contributed by atoms with E-state index in [9.17, 15) is 18.9 Å². The fourth-order valence-corrected chi connectivity index (χ4v) is 2.44.